The van der Waals surface area contributed by atoms with E-state index < -0.39 is 6.61 Å². The first-order valence-electron chi connectivity index (χ1n) is 10.5. The molecule has 1 heterocycles. The molecule has 1 aliphatic heterocycles. The zero-order valence-corrected chi connectivity index (χ0v) is 20.5. The summed E-state index contributed by atoms with van der Waals surface area (Å²) in [6, 6.07) is 4.82. The Morgan fingerprint density at radius 3 is 2.58 bits per heavy atom. The Balaban J connectivity index is 0.00000480. The molecule has 176 valence electrons. The number of piperidine rings is 1. The van der Waals surface area contributed by atoms with Gasteiger partial charge in [-0.05, 0) is 44.7 Å². The molecule has 0 atom stereocenters. The van der Waals surface area contributed by atoms with Gasteiger partial charge in [0, 0.05) is 31.3 Å². The van der Waals surface area contributed by atoms with Crippen molar-refractivity contribution in [3.8, 4) is 11.5 Å². The SMILES string of the molecule is CCCOc1ccc(CN=C(NCC)NCC(=O)N2CCCCC2)c(OC(F)F)c1.I. The van der Waals surface area contributed by atoms with E-state index in [1.165, 1.54) is 6.07 Å². The lowest BCUT2D eigenvalue weighted by molar-refractivity contribution is -0.130. The maximum atomic E-state index is 12.8. The van der Waals surface area contributed by atoms with Crippen LogP contribution in [0.5, 0.6) is 11.5 Å². The van der Waals surface area contributed by atoms with Crippen LogP contribution in [-0.4, -0.2) is 56.2 Å². The summed E-state index contributed by atoms with van der Waals surface area (Å²) < 4.78 is 35.8. The largest absolute Gasteiger partial charge is 0.493 e. The number of amides is 1. The number of ether oxygens (including phenoxy) is 2. The van der Waals surface area contributed by atoms with Crippen LogP contribution in [0.3, 0.4) is 0 Å². The molecule has 0 radical (unpaired) electrons. The van der Waals surface area contributed by atoms with E-state index in [1.807, 2.05) is 18.7 Å². The molecule has 0 bridgehead atoms. The number of carbonyl (C=O) groups is 1. The molecule has 1 aliphatic rings. The summed E-state index contributed by atoms with van der Waals surface area (Å²) >= 11 is 0. The third-order valence-electron chi connectivity index (χ3n) is 4.60. The van der Waals surface area contributed by atoms with Crippen LogP contribution >= 0.6 is 24.0 Å². The van der Waals surface area contributed by atoms with Crippen LogP contribution in [-0.2, 0) is 11.3 Å². The van der Waals surface area contributed by atoms with Crippen molar-refractivity contribution in [3.05, 3.63) is 23.8 Å². The highest BCUT2D eigenvalue weighted by Crippen LogP contribution is 2.27. The van der Waals surface area contributed by atoms with Crippen molar-refractivity contribution in [2.45, 2.75) is 52.7 Å². The van der Waals surface area contributed by atoms with Gasteiger partial charge in [-0.2, -0.15) is 8.78 Å². The summed E-state index contributed by atoms with van der Waals surface area (Å²) in [6.45, 7) is 3.85. The van der Waals surface area contributed by atoms with Gasteiger partial charge >= 0.3 is 6.61 Å². The third-order valence-corrected chi connectivity index (χ3v) is 4.60. The zero-order valence-electron chi connectivity index (χ0n) is 18.2. The second-order valence-corrected chi connectivity index (χ2v) is 6.99. The molecule has 1 aromatic carbocycles. The first-order valence-corrected chi connectivity index (χ1v) is 10.5. The second kappa shape index (κ2) is 15.0. The highest BCUT2D eigenvalue weighted by atomic mass is 127. The molecule has 31 heavy (non-hydrogen) atoms. The normalized spacial score (nSPS) is 14.1. The van der Waals surface area contributed by atoms with Crippen LogP contribution < -0.4 is 20.1 Å². The number of halogens is 3. The average molecular weight is 554 g/mol. The molecule has 0 aromatic heterocycles. The highest BCUT2D eigenvalue weighted by molar-refractivity contribution is 14.0. The van der Waals surface area contributed by atoms with Crippen molar-refractivity contribution in [2.75, 3.05) is 32.8 Å². The van der Waals surface area contributed by atoms with Crippen molar-refractivity contribution < 1.29 is 23.0 Å². The average Bonchev–Trinajstić information content (AvgIpc) is 2.75. The molecule has 0 aliphatic carbocycles. The minimum absolute atomic E-state index is 0. The Morgan fingerprint density at radius 2 is 1.94 bits per heavy atom. The number of aliphatic imine (C=N–C) groups is 1. The summed E-state index contributed by atoms with van der Waals surface area (Å²) in [6.07, 6.45) is 4.03. The van der Waals surface area contributed by atoms with Crippen molar-refractivity contribution in [1.29, 1.82) is 0 Å². The van der Waals surface area contributed by atoms with Crippen molar-refractivity contribution in [2.24, 2.45) is 4.99 Å². The molecule has 0 spiro atoms. The van der Waals surface area contributed by atoms with E-state index in [-0.39, 0.29) is 48.7 Å². The summed E-state index contributed by atoms with van der Waals surface area (Å²) in [5.41, 5.74) is 0.499. The number of likely N-dealkylation sites (tertiary alicyclic amines) is 1. The molecule has 2 N–H and O–H groups in total. The summed E-state index contributed by atoms with van der Waals surface area (Å²) in [7, 11) is 0. The van der Waals surface area contributed by atoms with Crippen molar-refractivity contribution in [1.82, 2.24) is 15.5 Å². The van der Waals surface area contributed by atoms with Crippen LogP contribution in [0, 0.1) is 0 Å². The maximum Gasteiger partial charge on any atom is 0.387 e. The van der Waals surface area contributed by atoms with E-state index in [9.17, 15) is 13.6 Å². The molecule has 10 heteroatoms. The minimum atomic E-state index is -2.94. The molecular weight excluding hydrogens is 521 g/mol. The van der Waals surface area contributed by atoms with E-state index in [4.69, 9.17) is 4.74 Å². The predicted octanol–water partition coefficient (Wildman–Crippen LogP) is 3.76. The van der Waals surface area contributed by atoms with E-state index in [0.29, 0.717) is 30.4 Å². The Bertz CT molecular complexity index is 701. The number of hydrogen-bond donors (Lipinski definition) is 2. The Kier molecular flexibility index (Phi) is 13.2. The van der Waals surface area contributed by atoms with Gasteiger partial charge in [-0.3, -0.25) is 4.79 Å². The van der Waals surface area contributed by atoms with Crippen molar-refractivity contribution >= 4 is 35.8 Å². The Morgan fingerprint density at radius 1 is 1.19 bits per heavy atom. The van der Waals surface area contributed by atoms with Gasteiger partial charge in [0.25, 0.3) is 0 Å². The van der Waals surface area contributed by atoms with Crippen molar-refractivity contribution in [3.63, 3.8) is 0 Å². The lowest BCUT2D eigenvalue weighted by Gasteiger charge is -2.27. The number of alkyl halides is 2. The van der Waals surface area contributed by atoms with E-state index in [2.05, 4.69) is 20.4 Å². The Hall–Kier alpha value is -1.85. The minimum Gasteiger partial charge on any atom is -0.493 e. The standard InChI is InChI=1S/C21H32F2N4O3.HI/c1-3-12-29-17-9-8-16(18(13-17)30-20(22)23)14-25-21(24-4-2)26-15-19(28)27-10-6-5-7-11-27;/h8-9,13,20H,3-7,10-12,14-15H2,1-2H3,(H2,24,25,26);1H. The number of rotatable bonds is 10. The van der Waals surface area contributed by atoms with E-state index in [1.54, 1.807) is 12.1 Å². The first kappa shape index (κ1) is 27.2. The number of hydrogen-bond acceptors (Lipinski definition) is 4. The van der Waals surface area contributed by atoms with E-state index >= 15 is 0 Å². The van der Waals surface area contributed by atoms with Gasteiger partial charge in [0.2, 0.25) is 5.91 Å². The molecule has 1 fully saturated rings. The van der Waals surface area contributed by atoms with Crippen LogP contribution in [0.4, 0.5) is 8.78 Å². The summed E-state index contributed by atoms with van der Waals surface area (Å²) in [5.74, 6) is 0.969. The van der Waals surface area contributed by atoms with Gasteiger partial charge in [0.1, 0.15) is 11.5 Å². The fraction of sp³-hybridized carbons (Fsp3) is 0.619. The second-order valence-electron chi connectivity index (χ2n) is 6.99. The first-order chi connectivity index (χ1) is 14.5. The summed E-state index contributed by atoms with van der Waals surface area (Å²) in [5, 5.41) is 6.09. The van der Waals surface area contributed by atoms with Gasteiger partial charge in [-0.15, -0.1) is 24.0 Å². The quantitative estimate of drug-likeness (QED) is 0.262. The fourth-order valence-corrected chi connectivity index (χ4v) is 3.10. The molecule has 1 saturated heterocycles. The lowest BCUT2D eigenvalue weighted by Crippen LogP contribution is -2.46. The van der Waals surface area contributed by atoms with Gasteiger partial charge < -0.3 is 25.0 Å². The van der Waals surface area contributed by atoms with Crippen LogP contribution in [0.15, 0.2) is 23.2 Å². The molecule has 0 unspecified atom stereocenters. The molecule has 7 nitrogen and oxygen atoms in total. The molecule has 2 rings (SSSR count). The third kappa shape index (κ3) is 9.88. The lowest BCUT2D eigenvalue weighted by atomic mass is 10.1. The zero-order chi connectivity index (χ0) is 21.8. The van der Waals surface area contributed by atoms with E-state index in [0.717, 1.165) is 38.8 Å². The van der Waals surface area contributed by atoms with Gasteiger partial charge in [0.05, 0.1) is 19.7 Å². The highest BCUT2D eigenvalue weighted by Gasteiger charge is 2.16. The van der Waals surface area contributed by atoms with Crippen LogP contribution in [0.2, 0.25) is 0 Å². The van der Waals surface area contributed by atoms with Crippen LogP contribution in [0.25, 0.3) is 0 Å². The van der Waals surface area contributed by atoms with Gasteiger partial charge in [-0.1, -0.05) is 6.92 Å². The number of guanidine groups is 1. The van der Waals surface area contributed by atoms with Gasteiger partial charge in [-0.25, -0.2) is 4.99 Å². The van der Waals surface area contributed by atoms with Gasteiger partial charge in [0.15, 0.2) is 5.96 Å². The monoisotopic (exact) mass is 554 g/mol. The molecule has 0 saturated carbocycles. The number of nitrogens with one attached hydrogen (secondary N) is 2. The maximum absolute atomic E-state index is 12.8. The number of benzene rings is 1. The Labute approximate surface area is 200 Å². The molecule has 1 amide bonds. The number of carbonyl (C=O) groups excluding carboxylic acids is 1. The fourth-order valence-electron chi connectivity index (χ4n) is 3.10. The predicted molar refractivity (Wildman–Crippen MR) is 128 cm³/mol. The molecular formula is C21H33F2IN4O3. The van der Waals surface area contributed by atoms with Crippen LogP contribution in [0.1, 0.15) is 45.1 Å². The summed E-state index contributed by atoms with van der Waals surface area (Å²) in [4.78, 5) is 18.6. The smallest absolute Gasteiger partial charge is 0.387 e. The molecule has 1 aromatic rings. The number of nitrogens with zero attached hydrogens (tertiary/aromatic N) is 2. The topological polar surface area (TPSA) is 75.2 Å².